The molecule has 0 unspecified atom stereocenters. The topological polar surface area (TPSA) is 79.3 Å². The van der Waals surface area contributed by atoms with Gasteiger partial charge in [-0.3, -0.25) is 4.72 Å². The fraction of sp³-hybridized carbons (Fsp3) is 0.700. The van der Waals surface area contributed by atoms with E-state index in [-0.39, 0.29) is 5.25 Å². The highest BCUT2D eigenvalue weighted by Gasteiger charge is 2.36. The smallest absolute Gasteiger partial charge is 0.237 e. The van der Waals surface area contributed by atoms with E-state index in [0.717, 1.165) is 17.7 Å². The summed E-state index contributed by atoms with van der Waals surface area (Å²) in [4.78, 5) is 4.98. The van der Waals surface area contributed by atoms with Crippen molar-refractivity contribution in [1.82, 2.24) is 4.98 Å². The second-order valence-corrected chi connectivity index (χ2v) is 7.99. The summed E-state index contributed by atoms with van der Waals surface area (Å²) in [6.45, 7) is 5.09. The van der Waals surface area contributed by atoms with Gasteiger partial charge in [-0.15, -0.1) is 11.3 Å². The second-order valence-electron chi connectivity index (χ2n) is 4.83. The largest absolute Gasteiger partial charge is 0.384 e. The van der Waals surface area contributed by atoms with Crippen LogP contribution in [0.3, 0.4) is 0 Å². The number of nitrogens with one attached hydrogen (secondary N) is 1. The quantitative estimate of drug-likeness (QED) is 0.875. The van der Waals surface area contributed by atoms with E-state index in [0.29, 0.717) is 10.8 Å². The fourth-order valence-electron chi connectivity index (χ4n) is 1.59. The van der Waals surface area contributed by atoms with Gasteiger partial charge in [-0.05, 0) is 33.6 Å². The molecule has 0 spiro atoms. The van der Waals surface area contributed by atoms with Gasteiger partial charge in [-0.1, -0.05) is 0 Å². The molecule has 0 amide bonds. The molecule has 1 fully saturated rings. The van der Waals surface area contributed by atoms with Crippen molar-refractivity contribution in [2.45, 2.75) is 44.5 Å². The van der Waals surface area contributed by atoms with Crippen molar-refractivity contribution in [3.05, 3.63) is 10.6 Å². The number of anilines is 1. The van der Waals surface area contributed by atoms with E-state index in [9.17, 15) is 13.5 Å². The maximum atomic E-state index is 11.7. The van der Waals surface area contributed by atoms with Crippen molar-refractivity contribution in [2.24, 2.45) is 0 Å². The first-order valence-corrected chi connectivity index (χ1v) is 7.78. The van der Waals surface area contributed by atoms with E-state index >= 15 is 0 Å². The molecule has 0 aromatic carbocycles. The summed E-state index contributed by atoms with van der Waals surface area (Å²) in [5, 5.41) is 9.94. The Morgan fingerprint density at radius 1 is 1.47 bits per heavy atom. The molecule has 17 heavy (non-hydrogen) atoms. The molecule has 1 aliphatic rings. The highest BCUT2D eigenvalue weighted by Crippen LogP contribution is 2.33. The monoisotopic (exact) mass is 276 g/mol. The van der Waals surface area contributed by atoms with Crippen LogP contribution in [0.1, 0.15) is 37.3 Å². The lowest BCUT2D eigenvalue weighted by atomic mass is 10.1. The third kappa shape index (κ3) is 2.78. The Morgan fingerprint density at radius 3 is 2.47 bits per heavy atom. The van der Waals surface area contributed by atoms with Crippen LogP contribution in [0.4, 0.5) is 5.13 Å². The molecule has 0 bridgehead atoms. The summed E-state index contributed by atoms with van der Waals surface area (Å²) in [5.41, 5.74) is -0.528. The Balaban J connectivity index is 2.24. The van der Waals surface area contributed by atoms with Crippen LogP contribution in [0.25, 0.3) is 0 Å². The Hall–Kier alpha value is -0.660. The molecule has 5 nitrogen and oxygen atoms in total. The molecule has 1 saturated carbocycles. The molecule has 96 valence electrons. The fourth-order valence-corrected chi connectivity index (χ4v) is 4.14. The van der Waals surface area contributed by atoms with E-state index in [4.69, 9.17) is 0 Å². The van der Waals surface area contributed by atoms with Crippen LogP contribution >= 0.6 is 11.3 Å². The molecule has 0 radical (unpaired) electrons. The average Bonchev–Trinajstić information content (AvgIpc) is 2.90. The maximum Gasteiger partial charge on any atom is 0.237 e. The first-order valence-electron chi connectivity index (χ1n) is 5.42. The van der Waals surface area contributed by atoms with Gasteiger partial charge in [0.05, 0.1) is 10.9 Å². The summed E-state index contributed by atoms with van der Waals surface area (Å²) in [6, 6.07) is 0. The maximum absolute atomic E-state index is 11.7. The van der Waals surface area contributed by atoms with Gasteiger partial charge in [0, 0.05) is 4.88 Å². The Labute approximate surface area is 105 Å². The standard InChI is InChI=1S/C10H16N2O3S2/c1-6-8(10(2,3)13)11-9(16-6)12-17(14,15)7-4-5-7/h7,13H,4-5H2,1-3H3,(H,11,12). The molecular formula is C10H16N2O3S2. The lowest BCUT2D eigenvalue weighted by molar-refractivity contribution is 0.0740. The van der Waals surface area contributed by atoms with E-state index in [1.807, 2.05) is 6.92 Å². The number of sulfonamides is 1. The summed E-state index contributed by atoms with van der Waals surface area (Å²) in [7, 11) is -3.27. The van der Waals surface area contributed by atoms with E-state index in [1.54, 1.807) is 13.8 Å². The third-order valence-electron chi connectivity index (χ3n) is 2.57. The summed E-state index contributed by atoms with van der Waals surface area (Å²) in [5.74, 6) is 0. The third-order valence-corrected chi connectivity index (χ3v) is 5.41. The Kier molecular flexibility index (Phi) is 2.95. The molecule has 1 aromatic rings. The number of thiazole rings is 1. The number of hydrogen-bond donors (Lipinski definition) is 2. The molecule has 1 aliphatic carbocycles. The molecule has 2 rings (SSSR count). The molecule has 0 atom stereocenters. The van der Waals surface area contributed by atoms with E-state index in [1.165, 1.54) is 11.3 Å². The zero-order valence-corrected chi connectivity index (χ0v) is 11.7. The Morgan fingerprint density at radius 2 is 2.06 bits per heavy atom. The number of hydrogen-bond acceptors (Lipinski definition) is 5. The van der Waals surface area contributed by atoms with Gasteiger partial charge in [0.2, 0.25) is 10.0 Å². The predicted octanol–water partition coefficient (Wildman–Crippen LogP) is 1.58. The van der Waals surface area contributed by atoms with Crippen LogP contribution in [0.5, 0.6) is 0 Å². The van der Waals surface area contributed by atoms with Crippen LogP contribution in [-0.4, -0.2) is 23.8 Å². The summed E-state index contributed by atoms with van der Waals surface area (Å²) >= 11 is 1.25. The van der Waals surface area contributed by atoms with Gasteiger partial charge in [0.25, 0.3) is 0 Å². The normalized spacial score (nSPS) is 17.2. The Bertz CT molecular complexity index is 524. The van der Waals surface area contributed by atoms with Crippen molar-refractivity contribution in [2.75, 3.05) is 4.72 Å². The van der Waals surface area contributed by atoms with Crippen molar-refractivity contribution in [3.8, 4) is 0 Å². The molecule has 1 heterocycles. The highest BCUT2D eigenvalue weighted by molar-refractivity contribution is 7.93. The van der Waals surface area contributed by atoms with Crippen LogP contribution < -0.4 is 4.72 Å². The minimum absolute atomic E-state index is 0.266. The van der Waals surface area contributed by atoms with Gasteiger partial charge in [-0.2, -0.15) is 0 Å². The van der Waals surface area contributed by atoms with E-state index < -0.39 is 15.6 Å². The van der Waals surface area contributed by atoms with Crippen LogP contribution in [0.2, 0.25) is 0 Å². The average molecular weight is 276 g/mol. The number of nitrogens with zero attached hydrogens (tertiary/aromatic N) is 1. The van der Waals surface area contributed by atoms with E-state index in [2.05, 4.69) is 9.71 Å². The zero-order valence-electron chi connectivity index (χ0n) is 10.0. The minimum Gasteiger partial charge on any atom is -0.384 e. The van der Waals surface area contributed by atoms with Gasteiger partial charge in [-0.25, -0.2) is 13.4 Å². The van der Waals surface area contributed by atoms with Gasteiger partial charge < -0.3 is 5.11 Å². The van der Waals surface area contributed by atoms with Crippen LogP contribution in [-0.2, 0) is 15.6 Å². The zero-order chi connectivity index (χ0) is 12.8. The highest BCUT2D eigenvalue weighted by atomic mass is 32.2. The number of rotatable bonds is 4. The van der Waals surface area contributed by atoms with Crippen molar-refractivity contribution in [1.29, 1.82) is 0 Å². The lowest BCUT2D eigenvalue weighted by Crippen LogP contribution is -2.19. The molecule has 0 aliphatic heterocycles. The van der Waals surface area contributed by atoms with Crippen LogP contribution in [0, 0.1) is 6.92 Å². The van der Waals surface area contributed by atoms with Gasteiger partial charge in [0.15, 0.2) is 5.13 Å². The minimum atomic E-state index is -3.27. The molecule has 7 heteroatoms. The van der Waals surface area contributed by atoms with Gasteiger partial charge in [0.1, 0.15) is 5.60 Å². The number of aliphatic hydroxyl groups is 1. The number of aryl methyl sites for hydroxylation is 1. The van der Waals surface area contributed by atoms with Crippen LogP contribution in [0.15, 0.2) is 0 Å². The molecule has 1 aromatic heterocycles. The predicted molar refractivity (Wildman–Crippen MR) is 67.7 cm³/mol. The summed E-state index contributed by atoms with van der Waals surface area (Å²) in [6.07, 6.45) is 1.44. The van der Waals surface area contributed by atoms with Gasteiger partial charge >= 0.3 is 0 Å². The first kappa shape index (κ1) is 12.8. The van der Waals surface area contributed by atoms with Crippen molar-refractivity contribution >= 4 is 26.5 Å². The molecular weight excluding hydrogens is 260 g/mol. The molecule has 2 N–H and O–H groups in total. The second kappa shape index (κ2) is 3.93. The SMILES string of the molecule is Cc1sc(NS(=O)(=O)C2CC2)nc1C(C)(C)O. The lowest BCUT2D eigenvalue weighted by Gasteiger charge is -2.14. The molecule has 0 saturated heterocycles. The number of aromatic nitrogens is 1. The first-order chi connectivity index (χ1) is 7.70. The van der Waals surface area contributed by atoms with Crippen molar-refractivity contribution < 1.29 is 13.5 Å². The van der Waals surface area contributed by atoms with Crippen molar-refractivity contribution in [3.63, 3.8) is 0 Å². The summed E-state index contributed by atoms with van der Waals surface area (Å²) < 4.78 is 25.9.